The number of ether oxygens (including phenoxy) is 1. The molecule has 0 spiro atoms. The summed E-state index contributed by atoms with van der Waals surface area (Å²) in [5.41, 5.74) is 2.10. The lowest BCUT2D eigenvalue weighted by atomic mass is 10.1. The highest BCUT2D eigenvalue weighted by Gasteiger charge is 2.31. The number of benzene rings is 2. The lowest BCUT2D eigenvalue weighted by molar-refractivity contribution is -0.139. The van der Waals surface area contributed by atoms with Crippen molar-refractivity contribution in [1.29, 1.82) is 0 Å². The summed E-state index contributed by atoms with van der Waals surface area (Å²) in [6.45, 7) is 5.49. The van der Waals surface area contributed by atoms with Gasteiger partial charge in [0, 0.05) is 13.1 Å². The van der Waals surface area contributed by atoms with Crippen LogP contribution in [0.2, 0.25) is 0 Å². The van der Waals surface area contributed by atoms with E-state index in [1.807, 2.05) is 31.2 Å². The van der Waals surface area contributed by atoms with Crippen molar-refractivity contribution in [2.45, 2.75) is 33.4 Å². The molecule has 0 aromatic heterocycles. The van der Waals surface area contributed by atoms with Crippen molar-refractivity contribution < 1.29 is 22.7 Å². The normalized spacial score (nSPS) is 12.0. The molecule has 0 heterocycles. The SMILES string of the molecule is CCNC(=O)[C@H](C)N(Cc1ccccc1C)C(=O)CN(c1ccccc1OC)S(C)(=O)=O. The topological polar surface area (TPSA) is 96.0 Å². The fourth-order valence-electron chi connectivity index (χ4n) is 3.31. The maximum absolute atomic E-state index is 13.4. The van der Waals surface area contributed by atoms with Gasteiger partial charge in [-0.05, 0) is 44.0 Å². The Labute approximate surface area is 190 Å². The average molecular weight is 462 g/mol. The molecule has 0 unspecified atom stereocenters. The van der Waals surface area contributed by atoms with E-state index in [4.69, 9.17) is 4.74 Å². The van der Waals surface area contributed by atoms with Gasteiger partial charge in [-0.2, -0.15) is 0 Å². The summed E-state index contributed by atoms with van der Waals surface area (Å²) in [5.74, 6) is -0.478. The van der Waals surface area contributed by atoms with Crippen molar-refractivity contribution in [2.24, 2.45) is 0 Å². The highest BCUT2D eigenvalue weighted by Crippen LogP contribution is 2.29. The molecule has 1 N–H and O–H groups in total. The van der Waals surface area contributed by atoms with Crippen LogP contribution in [0, 0.1) is 6.92 Å². The number of sulfonamides is 1. The Hall–Kier alpha value is -3.07. The van der Waals surface area contributed by atoms with Crippen LogP contribution >= 0.6 is 0 Å². The maximum atomic E-state index is 13.4. The molecule has 0 saturated heterocycles. The second kappa shape index (κ2) is 11.0. The Kier molecular flexibility index (Phi) is 8.65. The number of rotatable bonds is 10. The largest absolute Gasteiger partial charge is 0.495 e. The van der Waals surface area contributed by atoms with Gasteiger partial charge in [-0.25, -0.2) is 8.42 Å². The third-order valence-corrected chi connectivity index (χ3v) is 6.28. The molecule has 0 aliphatic carbocycles. The molecule has 174 valence electrons. The summed E-state index contributed by atoms with van der Waals surface area (Å²) in [6, 6.07) is 13.4. The van der Waals surface area contributed by atoms with Crippen molar-refractivity contribution in [1.82, 2.24) is 10.2 Å². The van der Waals surface area contributed by atoms with E-state index in [1.165, 1.54) is 12.0 Å². The van der Waals surface area contributed by atoms with Crippen LogP contribution in [-0.2, 0) is 26.2 Å². The van der Waals surface area contributed by atoms with Gasteiger partial charge < -0.3 is 15.0 Å². The van der Waals surface area contributed by atoms with Crippen LogP contribution in [0.5, 0.6) is 5.75 Å². The average Bonchev–Trinajstić information content (AvgIpc) is 2.75. The van der Waals surface area contributed by atoms with Gasteiger partial charge in [0.1, 0.15) is 18.3 Å². The fourth-order valence-corrected chi connectivity index (χ4v) is 4.16. The molecule has 8 nitrogen and oxygen atoms in total. The van der Waals surface area contributed by atoms with E-state index in [0.717, 1.165) is 21.7 Å². The van der Waals surface area contributed by atoms with Crippen LogP contribution in [0.4, 0.5) is 5.69 Å². The third-order valence-electron chi connectivity index (χ3n) is 5.15. The van der Waals surface area contributed by atoms with Crippen molar-refractivity contribution >= 4 is 27.5 Å². The quantitative estimate of drug-likeness (QED) is 0.586. The fraction of sp³-hybridized carbons (Fsp3) is 0.391. The van der Waals surface area contributed by atoms with E-state index in [2.05, 4.69) is 5.32 Å². The van der Waals surface area contributed by atoms with Gasteiger partial charge in [-0.3, -0.25) is 13.9 Å². The minimum absolute atomic E-state index is 0.174. The molecule has 9 heteroatoms. The summed E-state index contributed by atoms with van der Waals surface area (Å²) in [5, 5.41) is 2.73. The number of aryl methyl sites for hydroxylation is 1. The van der Waals surface area contributed by atoms with Crippen LogP contribution in [0.25, 0.3) is 0 Å². The second-order valence-electron chi connectivity index (χ2n) is 7.46. The molecular formula is C23H31N3O5S. The summed E-state index contributed by atoms with van der Waals surface area (Å²) in [7, 11) is -2.38. The second-order valence-corrected chi connectivity index (χ2v) is 9.37. The van der Waals surface area contributed by atoms with Gasteiger partial charge >= 0.3 is 0 Å². The number of anilines is 1. The summed E-state index contributed by atoms with van der Waals surface area (Å²) in [4.78, 5) is 27.4. The van der Waals surface area contributed by atoms with Crippen LogP contribution in [0.1, 0.15) is 25.0 Å². The summed E-state index contributed by atoms with van der Waals surface area (Å²) < 4.78 is 31.5. The number of hydrogen-bond donors (Lipinski definition) is 1. The molecule has 32 heavy (non-hydrogen) atoms. The van der Waals surface area contributed by atoms with E-state index in [0.29, 0.717) is 12.3 Å². The van der Waals surface area contributed by atoms with Gasteiger partial charge in [0.15, 0.2) is 0 Å². The molecule has 2 aromatic rings. The molecule has 1 atom stereocenters. The van der Waals surface area contributed by atoms with Gasteiger partial charge in [0.2, 0.25) is 21.8 Å². The minimum atomic E-state index is -3.81. The van der Waals surface area contributed by atoms with Crippen LogP contribution in [-0.4, -0.2) is 57.6 Å². The molecule has 0 bridgehead atoms. The molecular weight excluding hydrogens is 430 g/mol. The van der Waals surface area contributed by atoms with Gasteiger partial charge in [0.05, 0.1) is 19.1 Å². The van der Waals surface area contributed by atoms with Gasteiger partial charge in [0.25, 0.3) is 0 Å². The lowest BCUT2D eigenvalue weighted by Crippen LogP contribution is -2.51. The zero-order valence-electron chi connectivity index (χ0n) is 19.2. The molecule has 0 saturated carbocycles. The Balaban J connectivity index is 2.44. The molecule has 2 aromatic carbocycles. The smallest absolute Gasteiger partial charge is 0.244 e. The Morgan fingerprint density at radius 1 is 1.09 bits per heavy atom. The van der Waals surface area contributed by atoms with Crippen molar-refractivity contribution in [3.63, 3.8) is 0 Å². The molecule has 2 rings (SSSR count). The number of carbonyl (C=O) groups excluding carboxylic acids is 2. The molecule has 0 fully saturated rings. The zero-order valence-corrected chi connectivity index (χ0v) is 20.0. The Morgan fingerprint density at radius 2 is 1.72 bits per heavy atom. The number of carbonyl (C=O) groups is 2. The zero-order chi connectivity index (χ0) is 23.9. The van der Waals surface area contributed by atoms with E-state index in [9.17, 15) is 18.0 Å². The number of hydrogen-bond acceptors (Lipinski definition) is 5. The number of nitrogens with one attached hydrogen (secondary N) is 1. The summed E-state index contributed by atoms with van der Waals surface area (Å²) >= 11 is 0. The maximum Gasteiger partial charge on any atom is 0.244 e. The predicted molar refractivity (Wildman–Crippen MR) is 125 cm³/mol. The first-order valence-corrected chi connectivity index (χ1v) is 12.2. The highest BCUT2D eigenvalue weighted by molar-refractivity contribution is 7.92. The molecule has 0 aliphatic heterocycles. The number of nitrogens with zero attached hydrogens (tertiary/aromatic N) is 2. The Morgan fingerprint density at radius 3 is 2.31 bits per heavy atom. The lowest BCUT2D eigenvalue weighted by Gasteiger charge is -2.32. The Bertz CT molecular complexity index is 1060. The van der Waals surface area contributed by atoms with Crippen molar-refractivity contribution in [3.05, 3.63) is 59.7 Å². The monoisotopic (exact) mass is 461 g/mol. The van der Waals surface area contributed by atoms with Gasteiger partial charge in [-0.15, -0.1) is 0 Å². The summed E-state index contributed by atoms with van der Waals surface area (Å²) in [6.07, 6.45) is 1.03. The highest BCUT2D eigenvalue weighted by atomic mass is 32.2. The number of methoxy groups -OCH3 is 1. The first-order valence-electron chi connectivity index (χ1n) is 10.3. The standard InChI is InChI=1S/C23H31N3O5S/c1-6-24-23(28)18(3)25(15-19-12-8-7-11-17(19)2)22(27)16-26(32(5,29)30)20-13-9-10-14-21(20)31-4/h7-14,18H,6,15-16H2,1-5H3,(H,24,28)/t18-/m0/s1. The van der Waals surface area contributed by atoms with Gasteiger partial charge in [-0.1, -0.05) is 36.4 Å². The number of amides is 2. The van der Waals surface area contributed by atoms with Crippen LogP contribution in [0.15, 0.2) is 48.5 Å². The third kappa shape index (κ3) is 6.23. The molecule has 2 amide bonds. The van der Waals surface area contributed by atoms with Crippen molar-refractivity contribution in [2.75, 3.05) is 30.8 Å². The minimum Gasteiger partial charge on any atom is -0.495 e. The van der Waals surface area contributed by atoms with Crippen LogP contribution in [0.3, 0.4) is 0 Å². The van der Waals surface area contributed by atoms with Crippen LogP contribution < -0.4 is 14.4 Å². The first kappa shape index (κ1) is 25.2. The predicted octanol–water partition coefficient (Wildman–Crippen LogP) is 2.32. The number of likely N-dealkylation sites (N-methyl/N-ethyl adjacent to an activating group) is 1. The van der Waals surface area contributed by atoms with Crippen molar-refractivity contribution in [3.8, 4) is 5.75 Å². The first-order chi connectivity index (χ1) is 15.1. The van der Waals surface area contributed by atoms with E-state index in [-0.39, 0.29) is 18.1 Å². The van der Waals surface area contributed by atoms with E-state index >= 15 is 0 Å². The van der Waals surface area contributed by atoms with E-state index < -0.39 is 28.5 Å². The number of para-hydroxylation sites is 2. The van der Waals surface area contributed by atoms with E-state index in [1.54, 1.807) is 38.1 Å². The molecule has 0 aliphatic rings. The molecule has 0 radical (unpaired) electrons.